The van der Waals surface area contributed by atoms with E-state index in [-0.39, 0.29) is 39.1 Å². The van der Waals surface area contributed by atoms with Crippen LogP contribution < -0.4 is 0 Å². The Morgan fingerprint density at radius 2 is 1.46 bits per heavy atom. The lowest BCUT2D eigenvalue weighted by Gasteiger charge is -2.73. The average Bonchev–Trinajstić information content (AvgIpc) is 3.46. The Bertz CT molecular complexity index is 1340. The molecule has 0 spiro atoms. The third-order valence-electron chi connectivity index (χ3n) is 18.2. The molecule has 5 aliphatic carbocycles. The fourth-order valence-corrected chi connectivity index (χ4v) is 14.8. The highest BCUT2D eigenvalue weighted by Gasteiger charge is 2.71. The Hall–Kier alpha value is -1.03. The molecule has 8 nitrogen and oxygen atoms in total. The number of morpholine rings is 2. The van der Waals surface area contributed by atoms with E-state index in [1.807, 2.05) is 0 Å². The summed E-state index contributed by atoms with van der Waals surface area (Å²) in [5, 5.41) is 11.3. The Balaban J connectivity index is 1.08. The summed E-state index contributed by atoms with van der Waals surface area (Å²) in [6.45, 7) is 28.1. The number of nitrogens with zero attached hydrogens (tertiary/aromatic N) is 2. The number of rotatable bonds is 9. The maximum atomic E-state index is 13.5. The van der Waals surface area contributed by atoms with Gasteiger partial charge >= 0.3 is 5.97 Å². The first kappa shape index (κ1) is 39.2. The lowest BCUT2D eigenvalue weighted by atomic mass is 9.32. The molecule has 1 N–H and O–H groups in total. The zero-order valence-corrected chi connectivity index (χ0v) is 34.5. The van der Waals surface area contributed by atoms with Crippen molar-refractivity contribution >= 4 is 5.97 Å². The van der Waals surface area contributed by atoms with Gasteiger partial charge in [0.15, 0.2) is 6.54 Å². The van der Waals surface area contributed by atoms with Crippen LogP contribution in [0.4, 0.5) is 0 Å². The average molecular weight is 729 g/mol. The monoisotopic (exact) mass is 729 g/mol. The van der Waals surface area contributed by atoms with E-state index >= 15 is 0 Å². The van der Waals surface area contributed by atoms with Crippen LogP contribution in [0.25, 0.3) is 0 Å². The Morgan fingerprint density at radius 3 is 2.12 bits per heavy atom. The first-order valence-electron chi connectivity index (χ1n) is 21.4. The second kappa shape index (κ2) is 13.9. The normalized spacial score (nSPS) is 45.4. The molecule has 2 aliphatic heterocycles. The third kappa shape index (κ3) is 6.47. The van der Waals surface area contributed by atoms with Gasteiger partial charge in [-0.25, -0.2) is 4.79 Å². The fraction of sp³-hybridized carbons (Fsp3) is 0.932. The van der Waals surface area contributed by atoms with Crippen molar-refractivity contribution < 1.29 is 37.8 Å². The standard InChI is InChI=1S/C44H76N2O6/c1-31(2)32-12-17-44(30-51-37(47)28-45(8)20-24-49-25-21-45)19-18-42(6)33(39(32)44)10-11-35-41(5)15-14-36(40(3,4)34(41)13-16-43(35,42)7)52-38(48)29-46(9)22-26-50-27-23-46/h32-37,39,47H,1,10-30H2,2-9H3/q+2/t32?,33?,34?,35?,36-,37?,39?,41-,42+,43+,44?/m0/s1. The number of carbonyl (C=O) groups is 1. The number of aliphatic hydroxyl groups excluding tert-OH is 1. The molecule has 0 aromatic carbocycles. The summed E-state index contributed by atoms with van der Waals surface area (Å²) in [5.41, 5.74) is 2.17. The van der Waals surface area contributed by atoms with Crippen molar-refractivity contribution in [1.29, 1.82) is 0 Å². The summed E-state index contributed by atoms with van der Waals surface area (Å²) in [5.74, 6) is 2.93. The molecule has 0 aromatic rings. The lowest BCUT2D eigenvalue weighted by molar-refractivity contribution is -0.922. The molecule has 0 radical (unpaired) electrons. The van der Waals surface area contributed by atoms with Crippen molar-refractivity contribution in [2.24, 2.45) is 56.7 Å². The van der Waals surface area contributed by atoms with Crippen LogP contribution in [-0.4, -0.2) is 119 Å². The maximum absolute atomic E-state index is 13.5. The third-order valence-corrected chi connectivity index (χ3v) is 18.2. The van der Waals surface area contributed by atoms with Crippen molar-refractivity contribution in [2.75, 3.05) is 86.4 Å². The van der Waals surface area contributed by atoms with Gasteiger partial charge in [0.05, 0.1) is 47.1 Å². The van der Waals surface area contributed by atoms with E-state index in [2.05, 4.69) is 62.2 Å². The van der Waals surface area contributed by atoms with Crippen LogP contribution in [0.2, 0.25) is 0 Å². The molecule has 296 valence electrons. The summed E-state index contributed by atoms with van der Waals surface area (Å²) in [6.07, 6.45) is 11.3. The molecule has 7 fully saturated rings. The van der Waals surface area contributed by atoms with Crippen molar-refractivity contribution in [1.82, 2.24) is 0 Å². The Kier molecular flexibility index (Phi) is 10.5. The number of allylic oxidation sites excluding steroid dienone is 1. The van der Waals surface area contributed by atoms with Crippen molar-refractivity contribution in [2.45, 2.75) is 118 Å². The van der Waals surface area contributed by atoms with Gasteiger partial charge in [0.25, 0.3) is 0 Å². The van der Waals surface area contributed by atoms with Crippen molar-refractivity contribution in [3.05, 3.63) is 12.2 Å². The van der Waals surface area contributed by atoms with E-state index < -0.39 is 6.29 Å². The molecule has 7 aliphatic rings. The minimum atomic E-state index is -0.736. The van der Waals surface area contributed by atoms with Crippen LogP contribution in [0.15, 0.2) is 12.2 Å². The molecule has 0 bridgehead atoms. The number of fused-ring (bicyclic) bond motifs is 7. The molecule has 52 heavy (non-hydrogen) atoms. The van der Waals surface area contributed by atoms with E-state index in [1.165, 1.54) is 56.9 Å². The molecule has 0 aromatic heterocycles. The largest absolute Gasteiger partial charge is 0.458 e. The summed E-state index contributed by atoms with van der Waals surface area (Å²) >= 11 is 0. The number of aliphatic hydroxyl groups is 1. The van der Waals surface area contributed by atoms with E-state index in [9.17, 15) is 9.90 Å². The number of hydrogen-bond donors (Lipinski definition) is 1. The molecule has 7 unspecified atom stereocenters. The highest BCUT2D eigenvalue weighted by atomic mass is 16.6. The molecule has 7 rings (SSSR count). The lowest BCUT2D eigenvalue weighted by Crippen LogP contribution is -2.67. The zero-order chi connectivity index (χ0) is 37.4. The van der Waals surface area contributed by atoms with Gasteiger partial charge in [-0.3, -0.25) is 0 Å². The van der Waals surface area contributed by atoms with Gasteiger partial charge in [-0.2, -0.15) is 0 Å². The molecular formula is C44H76N2O6+2. The quantitative estimate of drug-likeness (QED) is 0.121. The van der Waals surface area contributed by atoms with E-state index in [4.69, 9.17) is 18.9 Å². The van der Waals surface area contributed by atoms with Crippen LogP contribution in [0, 0.1) is 56.7 Å². The molecule has 11 atom stereocenters. The molecule has 5 saturated carbocycles. The second-order valence-corrected chi connectivity index (χ2v) is 21.4. The molecule has 2 heterocycles. The highest BCUT2D eigenvalue weighted by molar-refractivity contribution is 5.71. The predicted molar refractivity (Wildman–Crippen MR) is 204 cm³/mol. The van der Waals surface area contributed by atoms with Crippen molar-refractivity contribution in [3.63, 3.8) is 0 Å². The van der Waals surface area contributed by atoms with Gasteiger partial charge in [-0.1, -0.05) is 46.8 Å². The fourth-order valence-electron chi connectivity index (χ4n) is 14.8. The van der Waals surface area contributed by atoms with Gasteiger partial charge < -0.3 is 33.0 Å². The van der Waals surface area contributed by atoms with Crippen LogP contribution in [-0.2, 0) is 23.7 Å². The zero-order valence-electron chi connectivity index (χ0n) is 34.5. The van der Waals surface area contributed by atoms with E-state index in [0.717, 1.165) is 74.4 Å². The van der Waals surface area contributed by atoms with Crippen LogP contribution in [0.1, 0.15) is 106 Å². The van der Waals surface area contributed by atoms with E-state index in [1.54, 1.807) is 0 Å². The summed E-state index contributed by atoms with van der Waals surface area (Å²) < 4.78 is 25.8. The van der Waals surface area contributed by atoms with Gasteiger partial charge in [-0.05, 0) is 122 Å². The number of carbonyl (C=O) groups excluding carboxylic acids is 1. The topological polar surface area (TPSA) is 74.2 Å². The van der Waals surface area contributed by atoms with Crippen molar-refractivity contribution in [3.8, 4) is 0 Å². The summed E-state index contributed by atoms with van der Waals surface area (Å²) in [6, 6.07) is 0. The minimum Gasteiger partial charge on any atom is -0.458 e. The van der Waals surface area contributed by atoms with Gasteiger partial charge in [0.2, 0.25) is 6.29 Å². The first-order valence-corrected chi connectivity index (χ1v) is 21.4. The molecular weight excluding hydrogens is 652 g/mol. The Morgan fingerprint density at radius 1 is 0.808 bits per heavy atom. The van der Waals surface area contributed by atoms with Crippen LogP contribution >= 0.6 is 0 Å². The number of ether oxygens (including phenoxy) is 4. The predicted octanol–water partition coefficient (Wildman–Crippen LogP) is 6.84. The summed E-state index contributed by atoms with van der Waals surface area (Å²) in [4.78, 5) is 13.5. The number of hydrogen-bond acceptors (Lipinski definition) is 6. The summed E-state index contributed by atoms with van der Waals surface area (Å²) in [7, 11) is 4.41. The van der Waals surface area contributed by atoms with E-state index in [0.29, 0.717) is 49.3 Å². The van der Waals surface area contributed by atoms with Gasteiger partial charge in [0.1, 0.15) is 38.8 Å². The Labute approximate surface area is 316 Å². The first-order chi connectivity index (χ1) is 24.4. The van der Waals surface area contributed by atoms with Gasteiger partial charge in [-0.15, -0.1) is 0 Å². The second-order valence-electron chi connectivity index (χ2n) is 21.4. The smallest absolute Gasteiger partial charge is 0.362 e. The minimum absolute atomic E-state index is 0.0182. The molecule has 2 saturated heterocycles. The molecule has 8 heteroatoms. The maximum Gasteiger partial charge on any atom is 0.362 e. The van der Waals surface area contributed by atoms with Gasteiger partial charge in [0, 0.05) is 5.41 Å². The molecule has 0 amide bonds. The number of quaternary nitrogens is 2. The SMILES string of the molecule is C=C(C)C1CCC2(COC(O)C[N+]3(C)CCOCC3)CC[C@]3(C)C(CCC4[C@@]5(C)CC[C@H](OC(=O)C[N+]6(C)CCOCC6)C(C)(C)C5CC[C@]43C)C12. The number of esters is 1. The highest BCUT2D eigenvalue weighted by Crippen LogP contribution is 2.77. The number of likely N-dealkylation sites (N-methyl/N-ethyl adjacent to an activating group) is 2. The van der Waals surface area contributed by atoms with Crippen LogP contribution in [0.5, 0.6) is 0 Å². The van der Waals surface area contributed by atoms with Crippen LogP contribution in [0.3, 0.4) is 0 Å².